The van der Waals surface area contributed by atoms with Gasteiger partial charge >= 0.3 is 0 Å². The lowest BCUT2D eigenvalue weighted by atomic mass is 10.0. The molecule has 1 rings (SSSR count). The highest BCUT2D eigenvalue weighted by Crippen LogP contribution is 2.27. The molecule has 1 aliphatic heterocycles. The van der Waals surface area contributed by atoms with E-state index >= 15 is 0 Å². The zero-order chi connectivity index (χ0) is 15.8. The molecule has 7 nitrogen and oxygen atoms in total. The number of aliphatic hydroxyl groups is 4. The molecule has 1 aliphatic rings. The number of rotatable bonds is 8. The third-order valence-electron chi connectivity index (χ3n) is 3.09. The molecule has 124 valence electrons. The number of nitrogens with zero attached hydrogens (tertiary/aromatic N) is 1. The van der Waals surface area contributed by atoms with E-state index in [0.717, 1.165) is 24.6 Å². The van der Waals surface area contributed by atoms with E-state index in [-0.39, 0.29) is 0 Å². The molecule has 0 saturated carbocycles. The molecule has 0 spiro atoms. The maximum atomic E-state index is 10.9. The van der Waals surface area contributed by atoms with E-state index in [1.807, 2.05) is 0 Å². The van der Waals surface area contributed by atoms with E-state index in [2.05, 4.69) is 4.99 Å². The highest BCUT2D eigenvalue weighted by atomic mass is 32.2. The molecule has 0 bridgehead atoms. The minimum absolute atomic E-state index is 0.437. The van der Waals surface area contributed by atoms with Crippen molar-refractivity contribution in [2.45, 2.75) is 42.7 Å². The van der Waals surface area contributed by atoms with E-state index in [0.29, 0.717) is 12.3 Å². The van der Waals surface area contributed by atoms with Gasteiger partial charge in [-0.1, -0.05) is 11.8 Å². The summed E-state index contributed by atoms with van der Waals surface area (Å²) in [6.07, 6.45) is -1.51. The summed E-state index contributed by atoms with van der Waals surface area (Å²) in [6.45, 7) is 0.148. The van der Waals surface area contributed by atoms with E-state index in [1.54, 1.807) is 6.26 Å². The van der Waals surface area contributed by atoms with Crippen LogP contribution < -0.4 is 0 Å². The standard InChI is InChI=1S/C12H23NO6S2/c1-21(18)5-3-2-4-13-7-20-12-11(17)10(16)9(15)8(6-14)19-12/h7-12,14-17H,2-6H2,1H3/t8-,9-,10+,11-,12+,21?/m1/s1. The molecule has 0 aromatic rings. The van der Waals surface area contributed by atoms with E-state index < -0.39 is 47.3 Å². The lowest BCUT2D eigenvalue weighted by Gasteiger charge is -2.39. The summed E-state index contributed by atoms with van der Waals surface area (Å²) in [5.74, 6) is 0.662. The second kappa shape index (κ2) is 9.88. The average molecular weight is 341 g/mol. The van der Waals surface area contributed by atoms with Crippen molar-refractivity contribution in [1.29, 1.82) is 0 Å². The predicted octanol–water partition coefficient (Wildman–Crippen LogP) is -1.29. The van der Waals surface area contributed by atoms with Crippen LogP contribution >= 0.6 is 11.8 Å². The Morgan fingerprint density at radius 1 is 1.24 bits per heavy atom. The van der Waals surface area contributed by atoms with Crippen molar-refractivity contribution >= 4 is 28.1 Å². The van der Waals surface area contributed by atoms with Crippen LogP contribution in [0.1, 0.15) is 12.8 Å². The van der Waals surface area contributed by atoms with Crippen LogP contribution in [-0.2, 0) is 15.5 Å². The Hall–Kier alpha value is -0.0300. The van der Waals surface area contributed by atoms with Gasteiger partial charge in [-0.15, -0.1) is 0 Å². The molecule has 0 aromatic carbocycles. The minimum atomic E-state index is -1.36. The molecule has 9 heteroatoms. The first kappa shape index (κ1) is 19.0. The fourth-order valence-corrected chi connectivity index (χ4v) is 3.29. The van der Waals surface area contributed by atoms with Crippen molar-refractivity contribution in [3.63, 3.8) is 0 Å². The molecule has 21 heavy (non-hydrogen) atoms. The number of hydrogen-bond donors (Lipinski definition) is 4. The number of thioether (sulfide) groups is 1. The first-order chi connectivity index (χ1) is 9.97. The summed E-state index contributed by atoms with van der Waals surface area (Å²) >= 11 is 1.09. The van der Waals surface area contributed by atoms with Gasteiger partial charge < -0.3 is 25.2 Å². The monoisotopic (exact) mass is 341 g/mol. The molecule has 4 N–H and O–H groups in total. The van der Waals surface area contributed by atoms with Crippen molar-refractivity contribution in [2.75, 3.05) is 25.2 Å². The Kier molecular flexibility index (Phi) is 8.95. The van der Waals surface area contributed by atoms with Gasteiger partial charge in [0.25, 0.3) is 0 Å². The van der Waals surface area contributed by atoms with Crippen LogP contribution in [0.2, 0.25) is 0 Å². The number of ether oxygens (including phenoxy) is 1. The van der Waals surface area contributed by atoms with Gasteiger partial charge in [0.1, 0.15) is 29.9 Å². The smallest absolute Gasteiger partial charge is 0.137 e. The van der Waals surface area contributed by atoms with Gasteiger partial charge in [0, 0.05) is 29.4 Å². The van der Waals surface area contributed by atoms with Crippen LogP contribution in [0.3, 0.4) is 0 Å². The minimum Gasteiger partial charge on any atom is -0.394 e. The molecule has 0 amide bonds. The van der Waals surface area contributed by atoms with Crippen LogP contribution in [0.5, 0.6) is 0 Å². The maximum absolute atomic E-state index is 10.9. The quantitative estimate of drug-likeness (QED) is 0.246. The van der Waals surface area contributed by atoms with Crippen LogP contribution in [0.15, 0.2) is 4.99 Å². The van der Waals surface area contributed by atoms with Crippen molar-refractivity contribution in [2.24, 2.45) is 4.99 Å². The summed E-state index contributed by atoms with van der Waals surface area (Å²) in [7, 11) is -0.779. The molecule has 6 atom stereocenters. The zero-order valence-electron chi connectivity index (χ0n) is 11.9. The molecule has 0 aromatic heterocycles. The van der Waals surface area contributed by atoms with Crippen LogP contribution in [0.25, 0.3) is 0 Å². The van der Waals surface area contributed by atoms with Crippen LogP contribution in [-0.4, -0.2) is 85.2 Å². The van der Waals surface area contributed by atoms with Crippen molar-refractivity contribution < 1.29 is 29.4 Å². The van der Waals surface area contributed by atoms with Gasteiger partial charge in [0.15, 0.2) is 0 Å². The van der Waals surface area contributed by atoms with Crippen LogP contribution in [0, 0.1) is 0 Å². The second-order valence-electron chi connectivity index (χ2n) is 4.83. The highest BCUT2D eigenvalue weighted by molar-refractivity contribution is 8.12. The third kappa shape index (κ3) is 6.31. The summed E-state index contributed by atoms with van der Waals surface area (Å²) < 4.78 is 16.2. The Balaban J connectivity index is 2.31. The summed E-state index contributed by atoms with van der Waals surface area (Å²) in [6, 6.07) is 0. The average Bonchev–Trinajstić information content (AvgIpc) is 2.45. The lowest BCUT2D eigenvalue weighted by Crippen LogP contribution is -2.57. The van der Waals surface area contributed by atoms with E-state index in [1.165, 1.54) is 5.55 Å². The Morgan fingerprint density at radius 3 is 2.57 bits per heavy atom. The Bertz CT molecular complexity index is 355. The van der Waals surface area contributed by atoms with E-state index in [9.17, 15) is 19.5 Å². The van der Waals surface area contributed by atoms with Crippen molar-refractivity contribution in [3.8, 4) is 0 Å². The van der Waals surface area contributed by atoms with Gasteiger partial charge in [0.05, 0.1) is 12.2 Å². The van der Waals surface area contributed by atoms with Crippen molar-refractivity contribution in [3.05, 3.63) is 0 Å². The van der Waals surface area contributed by atoms with Gasteiger partial charge in [-0.3, -0.25) is 9.20 Å². The van der Waals surface area contributed by atoms with Crippen molar-refractivity contribution in [1.82, 2.24) is 0 Å². The highest BCUT2D eigenvalue weighted by Gasteiger charge is 2.43. The second-order valence-corrected chi connectivity index (χ2v) is 7.33. The first-order valence-electron chi connectivity index (χ1n) is 6.71. The first-order valence-corrected chi connectivity index (χ1v) is 9.38. The van der Waals surface area contributed by atoms with Gasteiger partial charge in [-0.05, 0) is 12.8 Å². The molecular formula is C12H23NO6S2. The molecule has 1 saturated heterocycles. The van der Waals surface area contributed by atoms with Gasteiger partial charge in [-0.25, -0.2) is 0 Å². The molecule has 0 radical (unpaired) electrons. The fraction of sp³-hybridized carbons (Fsp3) is 0.917. The zero-order valence-corrected chi connectivity index (χ0v) is 13.5. The number of aliphatic hydroxyl groups excluding tert-OH is 4. The Morgan fingerprint density at radius 2 is 1.95 bits per heavy atom. The Labute approximate surface area is 130 Å². The summed E-state index contributed by atoms with van der Waals surface area (Å²) in [5.41, 5.74) is 0.739. The number of unbranched alkanes of at least 4 members (excludes halogenated alkanes) is 1. The lowest BCUT2D eigenvalue weighted by molar-refractivity contribution is -0.205. The number of hydrogen-bond acceptors (Lipinski definition) is 8. The van der Waals surface area contributed by atoms with Crippen LogP contribution in [0.4, 0.5) is 0 Å². The summed E-state index contributed by atoms with van der Waals surface area (Å²) in [5, 5.41) is 38.1. The largest absolute Gasteiger partial charge is 0.394 e. The molecule has 0 aliphatic carbocycles. The van der Waals surface area contributed by atoms with Gasteiger partial charge in [-0.2, -0.15) is 0 Å². The molecular weight excluding hydrogens is 318 g/mol. The predicted molar refractivity (Wildman–Crippen MR) is 82.9 cm³/mol. The third-order valence-corrected chi connectivity index (χ3v) is 4.88. The molecule has 1 heterocycles. The number of aliphatic imine (C=N–C) groups is 1. The SMILES string of the molecule is CS(=O)CCCCN=CS[C@@H]1O[C@H](CO)[C@@H](O)[C@H](O)[C@H]1O. The molecule has 1 unspecified atom stereocenters. The summed E-state index contributed by atoms with van der Waals surface area (Å²) in [4.78, 5) is 4.13. The maximum Gasteiger partial charge on any atom is 0.137 e. The fourth-order valence-electron chi connectivity index (χ4n) is 1.84. The van der Waals surface area contributed by atoms with E-state index in [4.69, 9.17) is 9.84 Å². The molecule has 1 fully saturated rings. The van der Waals surface area contributed by atoms with Gasteiger partial charge in [0.2, 0.25) is 0 Å². The topological polar surface area (TPSA) is 120 Å². The normalized spacial score (nSPS) is 35.2.